The minimum atomic E-state index is -0.493. The molecule has 3 aromatic heterocycles. The molecule has 0 fully saturated rings. The van der Waals surface area contributed by atoms with Crippen LogP contribution in [0.5, 0.6) is 0 Å². The number of aryl methyl sites for hydroxylation is 1. The highest BCUT2D eigenvalue weighted by Gasteiger charge is 2.14. The summed E-state index contributed by atoms with van der Waals surface area (Å²) >= 11 is 0. The number of nitrogens with two attached hydrogens (primary N) is 2. The Morgan fingerprint density at radius 1 is 1.13 bits per heavy atom. The number of carbonyl (C=O) groups is 1. The summed E-state index contributed by atoms with van der Waals surface area (Å²) in [5, 5.41) is 4.38. The number of aromatic nitrogens is 4. The van der Waals surface area contributed by atoms with Gasteiger partial charge in [-0.05, 0) is 47.7 Å². The average molecular weight is 415 g/mol. The molecule has 0 radical (unpaired) electrons. The molecule has 0 spiro atoms. The number of anilines is 3. The lowest BCUT2D eigenvalue weighted by Crippen LogP contribution is -2.12. The monoisotopic (exact) mass is 415 g/mol. The number of nitrogens with one attached hydrogen (secondary N) is 2. The number of H-pyrrole nitrogens is 1. The number of pyridine rings is 2. The number of rotatable bonds is 6. The highest BCUT2D eigenvalue weighted by molar-refractivity contribution is 5.96. The van der Waals surface area contributed by atoms with Gasteiger partial charge in [-0.25, -0.2) is 15.0 Å². The molecule has 0 saturated carbocycles. The summed E-state index contributed by atoms with van der Waals surface area (Å²) in [5.74, 6) is 0.183. The van der Waals surface area contributed by atoms with Crippen LogP contribution in [0.25, 0.3) is 22.2 Å². The Morgan fingerprint density at radius 2 is 1.97 bits per heavy atom. The molecule has 9 heteroatoms. The average Bonchev–Trinajstić information content (AvgIpc) is 2.75. The van der Waals surface area contributed by atoms with E-state index in [-0.39, 0.29) is 5.56 Å². The molecule has 156 valence electrons. The Bertz CT molecular complexity index is 1330. The molecule has 1 amide bonds. The van der Waals surface area contributed by atoms with Crippen molar-refractivity contribution in [3.8, 4) is 11.4 Å². The van der Waals surface area contributed by atoms with Crippen molar-refractivity contribution in [1.82, 2.24) is 19.9 Å². The number of hydrogen-bond acceptors (Lipinski definition) is 7. The van der Waals surface area contributed by atoms with E-state index in [4.69, 9.17) is 11.5 Å². The Morgan fingerprint density at radius 3 is 2.68 bits per heavy atom. The van der Waals surface area contributed by atoms with E-state index in [2.05, 4.69) is 25.3 Å². The maximum atomic E-state index is 12.6. The molecule has 4 rings (SSSR count). The van der Waals surface area contributed by atoms with Crippen molar-refractivity contribution in [2.75, 3.05) is 11.1 Å². The molecule has 31 heavy (non-hydrogen) atoms. The Kier molecular flexibility index (Phi) is 5.31. The van der Waals surface area contributed by atoms with Crippen LogP contribution in [-0.2, 0) is 6.42 Å². The predicted molar refractivity (Wildman–Crippen MR) is 120 cm³/mol. The second kappa shape index (κ2) is 8.23. The summed E-state index contributed by atoms with van der Waals surface area (Å²) in [7, 11) is 0. The lowest BCUT2D eigenvalue weighted by Gasteiger charge is -2.15. The Labute approximate surface area is 177 Å². The molecule has 0 aliphatic rings. The highest BCUT2D eigenvalue weighted by Crippen LogP contribution is 2.29. The van der Waals surface area contributed by atoms with E-state index in [1.807, 2.05) is 6.92 Å². The van der Waals surface area contributed by atoms with Crippen molar-refractivity contribution >= 4 is 34.0 Å². The van der Waals surface area contributed by atoms with E-state index in [9.17, 15) is 9.59 Å². The Hall–Kier alpha value is -4.27. The fourth-order valence-electron chi connectivity index (χ4n) is 3.38. The first-order valence-corrected chi connectivity index (χ1v) is 9.76. The smallest absolute Gasteiger partial charge is 0.259 e. The summed E-state index contributed by atoms with van der Waals surface area (Å²) in [4.78, 5) is 39.9. The van der Waals surface area contributed by atoms with Crippen LogP contribution in [0.4, 0.5) is 17.3 Å². The first-order valence-electron chi connectivity index (χ1n) is 9.76. The molecule has 0 aliphatic carbocycles. The van der Waals surface area contributed by atoms with Gasteiger partial charge in [0, 0.05) is 17.4 Å². The number of nitrogen functional groups attached to an aromatic ring is 1. The molecule has 0 bridgehead atoms. The van der Waals surface area contributed by atoms with Crippen LogP contribution in [-0.4, -0.2) is 25.8 Å². The quantitative estimate of drug-likeness (QED) is 0.378. The van der Waals surface area contributed by atoms with E-state index in [1.54, 1.807) is 36.5 Å². The molecule has 1 aromatic carbocycles. The fourth-order valence-corrected chi connectivity index (χ4v) is 3.38. The maximum absolute atomic E-state index is 12.6. The van der Waals surface area contributed by atoms with Gasteiger partial charge < -0.3 is 21.8 Å². The molecule has 0 atom stereocenters. The lowest BCUT2D eigenvalue weighted by molar-refractivity contribution is 0.1000. The topological polar surface area (TPSA) is 153 Å². The number of primary amides is 1. The zero-order valence-corrected chi connectivity index (χ0v) is 16.8. The van der Waals surface area contributed by atoms with E-state index in [0.717, 1.165) is 24.1 Å². The summed E-state index contributed by atoms with van der Waals surface area (Å²) in [6.07, 6.45) is 6.16. The summed E-state index contributed by atoms with van der Waals surface area (Å²) in [5.41, 5.74) is 13.9. The summed E-state index contributed by atoms with van der Waals surface area (Å²) < 4.78 is 0. The minimum Gasteiger partial charge on any atom is -0.382 e. The van der Waals surface area contributed by atoms with Crippen LogP contribution in [0, 0.1) is 0 Å². The summed E-state index contributed by atoms with van der Waals surface area (Å²) in [6.45, 7) is 2.04. The molecule has 0 saturated heterocycles. The van der Waals surface area contributed by atoms with E-state index in [1.165, 1.54) is 12.4 Å². The van der Waals surface area contributed by atoms with Gasteiger partial charge in [0.15, 0.2) is 0 Å². The van der Waals surface area contributed by atoms with Crippen molar-refractivity contribution in [1.29, 1.82) is 0 Å². The van der Waals surface area contributed by atoms with E-state index < -0.39 is 5.91 Å². The number of amides is 1. The second-order valence-corrected chi connectivity index (χ2v) is 7.06. The normalized spacial score (nSPS) is 10.9. The molecular formula is C22H21N7O2. The van der Waals surface area contributed by atoms with Crippen LogP contribution in [0.3, 0.4) is 0 Å². The van der Waals surface area contributed by atoms with Gasteiger partial charge >= 0.3 is 0 Å². The van der Waals surface area contributed by atoms with E-state index >= 15 is 0 Å². The number of hydrogen-bond donors (Lipinski definition) is 4. The molecule has 0 unspecified atom stereocenters. The van der Waals surface area contributed by atoms with Crippen molar-refractivity contribution in [2.24, 2.45) is 5.73 Å². The molecule has 4 aromatic rings. The zero-order chi connectivity index (χ0) is 22.0. The van der Waals surface area contributed by atoms with Crippen LogP contribution in [0.1, 0.15) is 29.3 Å². The summed E-state index contributed by atoms with van der Waals surface area (Å²) in [6, 6.07) is 8.74. The maximum Gasteiger partial charge on any atom is 0.259 e. The molecule has 3 heterocycles. The lowest BCUT2D eigenvalue weighted by atomic mass is 10.0. The molecule has 0 aliphatic heterocycles. The molecule has 6 N–H and O–H groups in total. The standard InChI is InChI=1S/C22H21N7O2/c1-2-3-12-8-14(20(24)30)4-5-15(12)28-21-19-13(6-7-25-22(19)31)9-16(29-21)17-10-27-18(23)11-26-17/h4-11H,2-3H2,1H3,(H2,23,27)(H2,24,30)(H,25,31)(H,28,29). The van der Waals surface area contributed by atoms with Gasteiger partial charge in [-0.15, -0.1) is 0 Å². The number of benzene rings is 1. The van der Waals surface area contributed by atoms with Gasteiger partial charge in [0.25, 0.3) is 5.56 Å². The first-order chi connectivity index (χ1) is 15.0. The highest BCUT2D eigenvalue weighted by atomic mass is 16.1. The van der Waals surface area contributed by atoms with Crippen LogP contribution >= 0.6 is 0 Å². The van der Waals surface area contributed by atoms with Crippen LogP contribution < -0.4 is 22.3 Å². The van der Waals surface area contributed by atoms with Crippen LogP contribution in [0.2, 0.25) is 0 Å². The second-order valence-electron chi connectivity index (χ2n) is 7.06. The molecular weight excluding hydrogens is 394 g/mol. The van der Waals surface area contributed by atoms with Gasteiger partial charge in [-0.3, -0.25) is 9.59 Å². The van der Waals surface area contributed by atoms with Gasteiger partial charge in [0.1, 0.15) is 17.3 Å². The first kappa shape index (κ1) is 20.0. The third-order valence-electron chi connectivity index (χ3n) is 4.85. The third kappa shape index (κ3) is 4.06. The third-order valence-corrected chi connectivity index (χ3v) is 4.85. The predicted octanol–water partition coefficient (Wildman–Crippen LogP) is 2.76. The van der Waals surface area contributed by atoms with Crippen molar-refractivity contribution in [2.45, 2.75) is 19.8 Å². The fraction of sp³-hybridized carbons (Fsp3) is 0.136. The SMILES string of the molecule is CCCc1cc(C(N)=O)ccc1Nc1nc(-c2cnc(N)cn2)cc2cc[nH]c(=O)c12. The van der Waals surface area contributed by atoms with E-state index in [0.29, 0.717) is 39.4 Å². The van der Waals surface area contributed by atoms with Gasteiger partial charge in [-0.1, -0.05) is 13.3 Å². The largest absolute Gasteiger partial charge is 0.382 e. The van der Waals surface area contributed by atoms with Crippen molar-refractivity contribution in [3.63, 3.8) is 0 Å². The van der Waals surface area contributed by atoms with Gasteiger partial charge in [0.2, 0.25) is 5.91 Å². The Balaban J connectivity index is 1.88. The van der Waals surface area contributed by atoms with Gasteiger partial charge in [0.05, 0.1) is 23.5 Å². The van der Waals surface area contributed by atoms with Crippen molar-refractivity contribution < 1.29 is 4.79 Å². The minimum absolute atomic E-state index is 0.270. The number of fused-ring (bicyclic) bond motifs is 1. The van der Waals surface area contributed by atoms with Gasteiger partial charge in [-0.2, -0.15) is 0 Å². The van der Waals surface area contributed by atoms with Crippen molar-refractivity contribution in [3.05, 3.63) is 70.4 Å². The molecule has 9 nitrogen and oxygen atoms in total. The zero-order valence-electron chi connectivity index (χ0n) is 16.8. The number of carbonyl (C=O) groups excluding carboxylic acids is 1. The number of nitrogens with zero attached hydrogens (tertiary/aromatic N) is 3. The number of aromatic amines is 1. The van der Waals surface area contributed by atoms with Crippen LogP contribution in [0.15, 0.2) is 53.7 Å².